The largest absolute Gasteiger partial charge is 0.342 e. The zero-order valence-electron chi connectivity index (χ0n) is 14.7. The van der Waals surface area contributed by atoms with Gasteiger partial charge in [0.2, 0.25) is 11.8 Å². The fourth-order valence-electron chi connectivity index (χ4n) is 3.49. The third kappa shape index (κ3) is 4.04. The maximum Gasteiger partial charge on any atom is 0.287 e. The number of hydrogen-bond acceptors (Lipinski definition) is 4. The van der Waals surface area contributed by atoms with Crippen molar-refractivity contribution in [3.63, 3.8) is 0 Å². The summed E-state index contributed by atoms with van der Waals surface area (Å²) in [5, 5.41) is 13.3. The third-order valence-electron chi connectivity index (χ3n) is 4.74. The van der Waals surface area contributed by atoms with Crippen LogP contribution in [0.2, 0.25) is 0 Å². The molecular formula is C19H22N4O3. The van der Waals surface area contributed by atoms with Gasteiger partial charge < -0.3 is 10.6 Å². The average Bonchev–Trinajstić information content (AvgIpc) is 2.63. The first-order valence-corrected chi connectivity index (χ1v) is 8.82. The molecule has 2 aliphatic rings. The van der Waals surface area contributed by atoms with Crippen LogP contribution in [0.25, 0.3) is 0 Å². The van der Waals surface area contributed by atoms with Crippen molar-refractivity contribution < 1.29 is 14.4 Å². The van der Waals surface area contributed by atoms with Gasteiger partial charge in [-0.15, -0.1) is 5.11 Å². The highest BCUT2D eigenvalue weighted by molar-refractivity contribution is 6.00. The first kappa shape index (κ1) is 18.0. The lowest BCUT2D eigenvalue weighted by molar-refractivity contribution is -0.130. The number of nitrogens with zero attached hydrogens (tertiary/aromatic N) is 2. The van der Waals surface area contributed by atoms with E-state index >= 15 is 0 Å². The minimum Gasteiger partial charge on any atom is -0.342 e. The highest BCUT2D eigenvalue weighted by Crippen LogP contribution is 2.30. The van der Waals surface area contributed by atoms with Gasteiger partial charge in [-0.2, -0.15) is 5.11 Å². The molecule has 2 N–H and O–H groups in total. The van der Waals surface area contributed by atoms with Crippen LogP contribution in [-0.2, 0) is 14.4 Å². The second-order valence-electron chi connectivity index (χ2n) is 6.76. The van der Waals surface area contributed by atoms with Crippen molar-refractivity contribution in [2.45, 2.75) is 50.6 Å². The number of rotatable bonds is 4. The van der Waals surface area contributed by atoms with Crippen LogP contribution in [-0.4, -0.2) is 23.3 Å². The first-order valence-electron chi connectivity index (χ1n) is 8.82. The first-order chi connectivity index (χ1) is 12.5. The zero-order valence-corrected chi connectivity index (χ0v) is 14.7. The summed E-state index contributed by atoms with van der Waals surface area (Å²) in [6.07, 6.45) is 7.23. The van der Waals surface area contributed by atoms with Gasteiger partial charge in [0.05, 0.1) is 0 Å². The molecule has 7 heteroatoms. The van der Waals surface area contributed by atoms with Crippen LogP contribution >= 0.6 is 0 Å². The number of nitrogens with one attached hydrogen (secondary N) is 2. The van der Waals surface area contributed by atoms with Crippen LogP contribution in [0.5, 0.6) is 0 Å². The van der Waals surface area contributed by atoms with Gasteiger partial charge in [-0.05, 0) is 36.6 Å². The van der Waals surface area contributed by atoms with Gasteiger partial charge in [-0.1, -0.05) is 31.4 Å². The molecule has 1 aliphatic carbocycles. The quantitative estimate of drug-likeness (QED) is 0.869. The second-order valence-corrected chi connectivity index (χ2v) is 6.76. The van der Waals surface area contributed by atoms with E-state index in [-0.39, 0.29) is 23.8 Å². The Balaban J connectivity index is 1.77. The van der Waals surface area contributed by atoms with Crippen LogP contribution in [0.4, 0.5) is 5.69 Å². The van der Waals surface area contributed by atoms with Crippen molar-refractivity contribution in [3.8, 4) is 0 Å². The Morgan fingerprint density at radius 1 is 1.19 bits per heavy atom. The van der Waals surface area contributed by atoms with Gasteiger partial charge in [0, 0.05) is 18.7 Å². The van der Waals surface area contributed by atoms with Gasteiger partial charge in [0.25, 0.3) is 5.91 Å². The SMILES string of the molecule is CC(=O)NC1(C(=O)Nc2cccc(C3C=CC(=O)N=N3)c2)CCCCC1. The molecule has 1 atom stereocenters. The molecule has 0 spiro atoms. The smallest absolute Gasteiger partial charge is 0.287 e. The zero-order chi connectivity index (χ0) is 18.6. The summed E-state index contributed by atoms with van der Waals surface area (Å²) < 4.78 is 0. The average molecular weight is 354 g/mol. The van der Waals surface area contributed by atoms with E-state index in [0.717, 1.165) is 24.8 Å². The Morgan fingerprint density at radius 3 is 2.62 bits per heavy atom. The molecule has 1 unspecified atom stereocenters. The maximum atomic E-state index is 12.9. The van der Waals surface area contributed by atoms with Gasteiger partial charge in [0.1, 0.15) is 11.6 Å². The van der Waals surface area contributed by atoms with Crippen molar-refractivity contribution in [3.05, 3.63) is 42.0 Å². The van der Waals surface area contributed by atoms with Crippen LogP contribution in [0.3, 0.4) is 0 Å². The summed E-state index contributed by atoms with van der Waals surface area (Å²) in [4.78, 5) is 35.7. The molecule has 1 fully saturated rings. The van der Waals surface area contributed by atoms with Crippen molar-refractivity contribution in [1.82, 2.24) is 5.32 Å². The summed E-state index contributed by atoms with van der Waals surface area (Å²) in [7, 11) is 0. The molecule has 0 radical (unpaired) electrons. The molecule has 1 saturated carbocycles. The molecule has 3 amide bonds. The third-order valence-corrected chi connectivity index (χ3v) is 4.74. The molecule has 0 bridgehead atoms. The summed E-state index contributed by atoms with van der Waals surface area (Å²) in [5.41, 5.74) is 0.604. The number of hydrogen-bond donors (Lipinski definition) is 2. The Bertz CT molecular complexity index is 763. The minimum absolute atomic E-state index is 0.194. The highest BCUT2D eigenvalue weighted by atomic mass is 16.2. The fraction of sp³-hybridized carbons (Fsp3) is 0.421. The highest BCUT2D eigenvalue weighted by Gasteiger charge is 2.40. The topological polar surface area (TPSA) is 100.0 Å². The van der Waals surface area contributed by atoms with E-state index in [4.69, 9.17) is 0 Å². The van der Waals surface area contributed by atoms with E-state index in [1.54, 1.807) is 12.1 Å². The Hall–Kier alpha value is -2.83. The lowest BCUT2D eigenvalue weighted by Gasteiger charge is -2.36. The molecule has 7 nitrogen and oxygen atoms in total. The molecular weight excluding hydrogens is 332 g/mol. The Morgan fingerprint density at radius 2 is 1.96 bits per heavy atom. The normalized spacial score (nSPS) is 21.3. The summed E-state index contributed by atoms with van der Waals surface area (Å²) in [6, 6.07) is 6.94. The number of azo groups is 1. The lowest BCUT2D eigenvalue weighted by atomic mass is 9.80. The van der Waals surface area contributed by atoms with Crippen LogP contribution in [0.1, 0.15) is 50.6 Å². The number of amides is 3. The number of benzene rings is 1. The second kappa shape index (κ2) is 7.59. The maximum absolute atomic E-state index is 12.9. The fourth-order valence-corrected chi connectivity index (χ4v) is 3.49. The van der Waals surface area contributed by atoms with E-state index in [1.807, 2.05) is 18.2 Å². The van der Waals surface area contributed by atoms with Gasteiger partial charge in [-0.25, -0.2) is 0 Å². The minimum atomic E-state index is -0.850. The summed E-state index contributed by atoms with van der Waals surface area (Å²) in [6.45, 7) is 1.44. The molecule has 26 heavy (non-hydrogen) atoms. The van der Waals surface area contributed by atoms with E-state index in [1.165, 1.54) is 13.0 Å². The predicted octanol–water partition coefficient (Wildman–Crippen LogP) is 3.05. The van der Waals surface area contributed by atoms with Crippen LogP contribution < -0.4 is 10.6 Å². The van der Waals surface area contributed by atoms with Gasteiger partial charge >= 0.3 is 0 Å². The van der Waals surface area contributed by atoms with E-state index < -0.39 is 5.54 Å². The van der Waals surface area contributed by atoms with E-state index in [0.29, 0.717) is 18.5 Å². The van der Waals surface area contributed by atoms with Gasteiger partial charge in [-0.3, -0.25) is 14.4 Å². The summed E-state index contributed by atoms with van der Waals surface area (Å²) >= 11 is 0. The predicted molar refractivity (Wildman–Crippen MR) is 96.4 cm³/mol. The lowest BCUT2D eigenvalue weighted by Crippen LogP contribution is -2.57. The van der Waals surface area contributed by atoms with E-state index in [2.05, 4.69) is 20.9 Å². The molecule has 0 saturated heterocycles. The van der Waals surface area contributed by atoms with Crippen molar-refractivity contribution >= 4 is 23.4 Å². The van der Waals surface area contributed by atoms with Crippen molar-refractivity contribution in [2.24, 2.45) is 10.2 Å². The molecule has 1 aliphatic heterocycles. The Kier molecular flexibility index (Phi) is 5.25. The van der Waals surface area contributed by atoms with E-state index in [9.17, 15) is 14.4 Å². The van der Waals surface area contributed by atoms with Crippen LogP contribution in [0, 0.1) is 0 Å². The van der Waals surface area contributed by atoms with Crippen molar-refractivity contribution in [1.29, 1.82) is 0 Å². The van der Waals surface area contributed by atoms with Gasteiger partial charge in [0.15, 0.2) is 0 Å². The molecule has 0 aromatic heterocycles. The molecule has 1 heterocycles. The monoisotopic (exact) mass is 354 g/mol. The summed E-state index contributed by atoms with van der Waals surface area (Å²) in [5.74, 6) is -0.769. The molecule has 1 aromatic rings. The number of carbonyl (C=O) groups is 3. The Labute approximate surface area is 152 Å². The van der Waals surface area contributed by atoms with Crippen molar-refractivity contribution in [2.75, 3.05) is 5.32 Å². The molecule has 136 valence electrons. The molecule has 1 aromatic carbocycles. The number of carbonyl (C=O) groups excluding carboxylic acids is 3. The van der Waals surface area contributed by atoms with Crippen LogP contribution in [0.15, 0.2) is 46.6 Å². The number of anilines is 1. The molecule has 3 rings (SSSR count). The standard InChI is InChI=1S/C19H22N4O3/c1-13(24)21-19(10-3-2-4-11-19)18(26)20-15-7-5-6-14(12-15)16-8-9-17(25)23-22-16/h5-9,12,16H,2-4,10-11H2,1H3,(H,20,26)(H,21,24).